The van der Waals surface area contributed by atoms with E-state index in [2.05, 4.69) is 9.97 Å². The number of hydrogen-bond acceptors (Lipinski definition) is 3. The van der Waals surface area contributed by atoms with Crippen LogP contribution in [-0.2, 0) is 0 Å². The lowest BCUT2D eigenvalue weighted by molar-refractivity contribution is 0.0692. The van der Waals surface area contributed by atoms with Crippen LogP contribution in [0.2, 0.25) is 0 Å². The highest BCUT2D eigenvalue weighted by molar-refractivity contribution is 7.98. The smallest absolute Gasteiger partial charge is 0.338 e. The van der Waals surface area contributed by atoms with E-state index < -0.39 is 11.8 Å². The number of H-pyrrole nitrogens is 1. The van der Waals surface area contributed by atoms with Crippen molar-refractivity contribution in [2.45, 2.75) is 4.90 Å². The second-order valence-electron chi connectivity index (χ2n) is 4.47. The predicted molar refractivity (Wildman–Crippen MR) is 80.2 cm³/mol. The van der Waals surface area contributed by atoms with E-state index >= 15 is 0 Å². The number of thioether (sulfide) groups is 1. The number of aromatic amines is 1. The Morgan fingerprint density at radius 2 is 2.00 bits per heavy atom. The molecule has 106 valence electrons. The minimum Gasteiger partial charge on any atom is -0.478 e. The molecule has 0 amide bonds. The van der Waals surface area contributed by atoms with E-state index in [0.29, 0.717) is 16.9 Å². The first kappa shape index (κ1) is 13.6. The summed E-state index contributed by atoms with van der Waals surface area (Å²) < 4.78 is 13.6. The van der Waals surface area contributed by atoms with Crippen LogP contribution < -0.4 is 0 Å². The molecule has 0 atom stereocenters. The first-order valence-electron chi connectivity index (χ1n) is 6.15. The third-order valence-corrected chi connectivity index (χ3v) is 3.91. The molecule has 0 saturated heterocycles. The number of nitrogens with one attached hydrogen (secondary N) is 1. The molecule has 6 heteroatoms. The Balaban J connectivity index is 2.09. The number of hydrogen-bond donors (Lipinski definition) is 2. The maximum Gasteiger partial charge on any atom is 0.338 e. The van der Waals surface area contributed by atoms with Crippen molar-refractivity contribution in [1.82, 2.24) is 9.97 Å². The van der Waals surface area contributed by atoms with Gasteiger partial charge in [-0.15, -0.1) is 11.8 Å². The molecule has 4 nitrogen and oxygen atoms in total. The Bertz CT molecular complexity index is 828. The van der Waals surface area contributed by atoms with Crippen LogP contribution in [0.4, 0.5) is 4.39 Å². The minimum absolute atomic E-state index is 0.377. The molecule has 0 fully saturated rings. The molecular formula is C15H11FN2O2S. The molecule has 0 spiro atoms. The summed E-state index contributed by atoms with van der Waals surface area (Å²) in [4.78, 5) is 19.4. The summed E-state index contributed by atoms with van der Waals surface area (Å²) in [6.45, 7) is 0. The molecule has 1 heterocycles. The summed E-state index contributed by atoms with van der Waals surface area (Å²) >= 11 is 1.64. The number of halogens is 1. The first-order valence-corrected chi connectivity index (χ1v) is 7.38. The van der Waals surface area contributed by atoms with Crippen molar-refractivity contribution in [3.05, 3.63) is 47.8 Å². The average Bonchev–Trinajstić information content (AvgIpc) is 2.89. The highest BCUT2D eigenvalue weighted by Crippen LogP contribution is 2.25. The maximum atomic E-state index is 13.6. The van der Waals surface area contributed by atoms with Crippen molar-refractivity contribution in [3.63, 3.8) is 0 Å². The van der Waals surface area contributed by atoms with Gasteiger partial charge in [0, 0.05) is 16.5 Å². The number of imidazole rings is 1. The van der Waals surface area contributed by atoms with Crippen LogP contribution in [0.5, 0.6) is 0 Å². The van der Waals surface area contributed by atoms with E-state index in [9.17, 15) is 9.18 Å². The average molecular weight is 302 g/mol. The van der Waals surface area contributed by atoms with E-state index in [1.807, 2.05) is 30.5 Å². The normalized spacial score (nSPS) is 11.0. The largest absolute Gasteiger partial charge is 0.478 e. The van der Waals surface area contributed by atoms with Gasteiger partial charge in [0.05, 0.1) is 16.6 Å². The van der Waals surface area contributed by atoms with E-state index in [0.717, 1.165) is 16.5 Å². The third-order valence-electron chi connectivity index (χ3n) is 3.16. The number of carboxylic acid groups (broad SMARTS) is 1. The molecule has 3 rings (SSSR count). The van der Waals surface area contributed by atoms with Crippen molar-refractivity contribution in [3.8, 4) is 11.4 Å². The van der Waals surface area contributed by atoms with Gasteiger partial charge >= 0.3 is 5.97 Å². The highest BCUT2D eigenvalue weighted by Gasteiger charge is 2.14. The number of carboxylic acids is 1. The van der Waals surface area contributed by atoms with Crippen LogP contribution >= 0.6 is 11.8 Å². The van der Waals surface area contributed by atoms with Crippen molar-refractivity contribution >= 4 is 28.8 Å². The molecular weight excluding hydrogens is 291 g/mol. The molecule has 1 aromatic heterocycles. The van der Waals surface area contributed by atoms with Crippen LogP contribution in [0, 0.1) is 5.82 Å². The van der Waals surface area contributed by atoms with Crippen molar-refractivity contribution in [2.75, 3.05) is 6.26 Å². The zero-order valence-corrected chi connectivity index (χ0v) is 11.9. The molecule has 0 aliphatic carbocycles. The van der Waals surface area contributed by atoms with Gasteiger partial charge in [-0.2, -0.15) is 0 Å². The highest BCUT2D eigenvalue weighted by atomic mass is 32.2. The molecule has 0 aliphatic rings. The predicted octanol–water partition coefficient (Wildman–Crippen LogP) is 3.79. The van der Waals surface area contributed by atoms with Gasteiger partial charge in [0.1, 0.15) is 11.6 Å². The van der Waals surface area contributed by atoms with Gasteiger partial charge in [0.25, 0.3) is 0 Å². The number of rotatable bonds is 3. The number of fused-ring (bicyclic) bond motifs is 1. The number of benzene rings is 2. The van der Waals surface area contributed by atoms with E-state index in [1.165, 1.54) is 6.07 Å². The van der Waals surface area contributed by atoms with Gasteiger partial charge in [0.2, 0.25) is 0 Å². The molecule has 21 heavy (non-hydrogen) atoms. The Morgan fingerprint density at radius 1 is 1.29 bits per heavy atom. The molecule has 0 aliphatic heterocycles. The van der Waals surface area contributed by atoms with Crippen LogP contribution in [0.25, 0.3) is 22.4 Å². The van der Waals surface area contributed by atoms with Gasteiger partial charge in [-0.3, -0.25) is 0 Å². The lowest BCUT2D eigenvalue weighted by Gasteiger charge is -1.98. The standard InChI is InChI=1S/C15H11FN2O2S/c1-21-9-4-2-8(3-5-9)14-17-12-6-10(15(19)20)11(16)7-13(12)18-14/h2-7H,1H3,(H,17,18)(H,19,20). The summed E-state index contributed by atoms with van der Waals surface area (Å²) in [5, 5.41) is 8.93. The first-order chi connectivity index (χ1) is 10.1. The van der Waals surface area contributed by atoms with Crippen molar-refractivity contribution < 1.29 is 14.3 Å². The summed E-state index contributed by atoms with van der Waals surface area (Å²) in [5.41, 5.74) is 1.39. The third kappa shape index (κ3) is 2.50. The fourth-order valence-electron chi connectivity index (χ4n) is 2.08. The lowest BCUT2D eigenvalue weighted by Crippen LogP contribution is -1.99. The Labute approximate surface area is 124 Å². The van der Waals surface area contributed by atoms with Crippen LogP contribution in [0.3, 0.4) is 0 Å². The van der Waals surface area contributed by atoms with Crippen molar-refractivity contribution in [1.29, 1.82) is 0 Å². The van der Waals surface area contributed by atoms with E-state index in [4.69, 9.17) is 5.11 Å². The number of aromatic carboxylic acids is 1. The molecule has 0 saturated carbocycles. The molecule has 3 aromatic rings. The van der Waals surface area contributed by atoms with Crippen LogP contribution in [0.1, 0.15) is 10.4 Å². The van der Waals surface area contributed by atoms with E-state index in [1.54, 1.807) is 11.8 Å². The maximum absolute atomic E-state index is 13.6. The van der Waals surface area contributed by atoms with Crippen LogP contribution in [-0.4, -0.2) is 27.3 Å². The second-order valence-corrected chi connectivity index (χ2v) is 5.35. The summed E-state index contributed by atoms with van der Waals surface area (Å²) in [7, 11) is 0. The Kier molecular flexibility index (Phi) is 3.39. The van der Waals surface area contributed by atoms with E-state index in [-0.39, 0.29) is 5.56 Å². The molecule has 2 N–H and O–H groups in total. The van der Waals surface area contributed by atoms with Gasteiger partial charge < -0.3 is 10.1 Å². The number of carbonyl (C=O) groups is 1. The fourth-order valence-corrected chi connectivity index (χ4v) is 2.49. The SMILES string of the molecule is CSc1ccc(-c2nc3cc(C(=O)O)c(F)cc3[nH]2)cc1. The van der Waals surface area contributed by atoms with Crippen LogP contribution in [0.15, 0.2) is 41.3 Å². The summed E-state index contributed by atoms with van der Waals surface area (Å²) in [5.74, 6) is -1.49. The van der Waals surface area contributed by atoms with Gasteiger partial charge in [0.15, 0.2) is 0 Å². The molecule has 2 aromatic carbocycles. The molecule has 0 radical (unpaired) electrons. The number of aromatic nitrogens is 2. The minimum atomic E-state index is -1.30. The Morgan fingerprint density at radius 3 is 2.62 bits per heavy atom. The second kappa shape index (κ2) is 5.21. The van der Waals surface area contributed by atoms with Gasteiger partial charge in [-0.1, -0.05) is 12.1 Å². The molecule has 0 bridgehead atoms. The Hall–Kier alpha value is -2.34. The lowest BCUT2D eigenvalue weighted by atomic mass is 10.2. The van der Waals surface area contributed by atoms with Gasteiger partial charge in [-0.25, -0.2) is 14.2 Å². The molecule has 0 unspecified atom stereocenters. The van der Waals surface area contributed by atoms with Gasteiger partial charge in [-0.05, 0) is 24.5 Å². The quantitative estimate of drug-likeness (QED) is 0.722. The summed E-state index contributed by atoms with van der Waals surface area (Å²) in [6, 6.07) is 10.2. The zero-order valence-electron chi connectivity index (χ0n) is 11.1. The zero-order chi connectivity index (χ0) is 15.0. The van der Waals surface area contributed by atoms with Crippen molar-refractivity contribution in [2.24, 2.45) is 0 Å². The number of nitrogens with zero attached hydrogens (tertiary/aromatic N) is 1. The monoisotopic (exact) mass is 302 g/mol. The topological polar surface area (TPSA) is 66.0 Å². The fraction of sp³-hybridized carbons (Fsp3) is 0.0667. The summed E-state index contributed by atoms with van der Waals surface area (Å²) in [6.07, 6.45) is 1.99.